The lowest BCUT2D eigenvalue weighted by molar-refractivity contribution is 0.251. The summed E-state index contributed by atoms with van der Waals surface area (Å²) in [5.41, 5.74) is 2.18. The number of amides is 2. The molecule has 3 rings (SSSR count). The van der Waals surface area contributed by atoms with Crippen LogP contribution in [0.2, 0.25) is 0 Å². The first kappa shape index (κ1) is 13.9. The molecule has 3 aromatic rings. The highest BCUT2D eigenvalue weighted by atomic mass is 16.2. The van der Waals surface area contributed by atoms with Crippen LogP contribution in [0.1, 0.15) is 0 Å². The van der Waals surface area contributed by atoms with Crippen LogP contribution >= 0.6 is 0 Å². The highest BCUT2D eigenvalue weighted by molar-refractivity contribution is 5.89. The van der Waals surface area contributed by atoms with Crippen LogP contribution in [0.15, 0.2) is 59.4 Å². The van der Waals surface area contributed by atoms with Crippen LogP contribution in [0.4, 0.5) is 10.5 Å². The second-order valence-electron chi connectivity index (χ2n) is 4.85. The Kier molecular flexibility index (Phi) is 3.91. The van der Waals surface area contributed by atoms with Crippen molar-refractivity contribution in [1.82, 2.24) is 14.9 Å². The summed E-state index contributed by atoms with van der Waals surface area (Å²) in [7, 11) is 0. The van der Waals surface area contributed by atoms with Crippen molar-refractivity contribution in [3.05, 3.63) is 65.1 Å². The number of carbonyl (C=O) groups is 1. The number of nitrogens with one attached hydrogen (secondary N) is 3. The first-order valence-corrected chi connectivity index (χ1v) is 7.01. The highest BCUT2D eigenvalue weighted by Gasteiger charge is 2.06. The quantitative estimate of drug-likeness (QED) is 0.689. The van der Waals surface area contributed by atoms with E-state index in [1.807, 2.05) is 54.6 Å². The summed E-state index contributed by atoms with van der Waals surface area (Å²) in [4.78, 5) is 26.4. The van der Waals surface area contributed by atoms with Crippen LogP contribution in [0.5, 0.6) is 0 Å². The molecule has 22 heavy (non-hydrogen) atoms. The Bertz CT molecular complexity index is 836. The average Bonchev–Trinajstić information content (AvgIpc) is 2.84. The molecule has 2 aromatic carbocycles. The SMILES string of the molecule is O=C(NCCn1c(=O)[nH]c2ccccc21)Nc1ccccc1. The van der Waals surface area contributed by atoms with E-state index in [0.717, 1.165) is 16.7 Å². The minimum atomic E-state index is -0.293. The van der Waals surface area contributed by atoms with Crippen LogP contribution in [-0.4, -0.2) is 22.1 Å². The summed E-state index contributed by atoms with van der Waals surface area (Å²) in [5, 5.41) is 5.47. The van der Waals surface area contributed by atoms with E-state index < -0.39 is 0 Å². The van der Waals surface area contributed by atoms with Gasteiger partial charge < -0.3 is 15.6 Å². The molecule has 0 aliphatic carbocycles. The summed E-state index contributed by atoms with van der Waals surface area (Å²) in [6.07, 6.45) is 0. The molecule has 0 aliphatic heterocycles. The Morgan fingerprint density at radius 2 is 1.77 bits per heavy atom. The van der Waals surface area contributed by atoms with Crippen molar-refractivity contribution < 1.29 is 4.79 Å². The monoisotopic (exact) mass is 296 g/mol. The van der Waals surface area contributed by atoms with E-state index in [1.165, 1.54) is 0 Å². The van der Waals surface area contributed by atoms with Gasteiger partial charge in [-0.1, -0.05) is 30.3 Å². The van der Waals surface area contributed by atoms with Crippen molar-refractivity contribution in [1.29, 1.82) is 0 Å². The normalized spacial score (nSPS) is 10.5. The second kappa shape index (κ2) is 6.17. The highest BCUT2D eigenvalue weighted by Crippen LogP contribution is 2.08. The number of fused-ring (bicyclic) bond motifs is 1. The molecule has 6 nitrogen and oxygen atoms in total. The largest absolute Gasteiger partial charge is 0.336 e. The van der Waals surface area contributed by atoms with Crippen LogP contribution in [0.3, 0.4) is 0 Å². The fourth-order valence-electron chi connectivity index (χ4n) is 2.31. The Morgan fingerprint density at radius 3 is 2.59 bits per heavy atom. The standard InChI is InChI=1S/C16H16N4O2/c21-15(18-12-6-2-1-3-7-12)17-10-11-20-14-9-5-4-8-13(14)19-16(20)22/h1-9H,10-11H2,(H,19,22)(H2,17,18,21). The molecule has 0 atom stereocenters. The number of carbonyl (C=O) groups excluding carboxylic acids is 1. The van der Waals surface area contributed by atoms with Crippen molar-refractivity contribution in [3.8, 4) is 0 Å². The van der Waals surface area contributed by atoms with Gasteiger partial charge in [-0.05, 0) is 24.3 Å². The zero-order chi connectivity index (χ0) is 15.4. The lowest BCUT2D eigenvalue weighted by atomic mass is 10.3. The van der Waals surface area contributed by atoms with Gasteiger partial charge in [0.05, 0.1) is 11.0 Å². The number of hydrogen-bond acceptors (Lipinski definition) is 2. The van der Waals surface area contributed by atoms with Crippen molar-refractivity contribution in [2.75, 3.05) is 11.9 Å². The number of aromatic amines is 1. The lowest BCUT2D eigenvalue weighted by Gasteiger charge is -2.08. The number of urea groups is 1. The Labute approximate surface area is 126 Å². The topological polar surface area (TPSA) is 78.9 Å². The van der Waals surface area contributed by atoms with E-state index in [-0.39, 0.29) is 11.7 Å². The predicted octanol–water partition coefficient (Wildman–Crippen LogP) is 2.15. The van der Waals surface area contributed by atoms with Crippen molar-refractivity contribution in [2.45, 2.75) is 6.54 Å². The number of benzene rings is 2. The molecule has 0 saturated heterocycles. The van der Waals surface area contributed by atoms with E-state index in [9.17, 15) is 9.59 Å². The number of H-pyrrole nitrogens is 1. The third-order valence-corrected chi connectivity index (χ3v) is 3.33. The van der Waals surface area contributed by atoms with E-state index in [0.29, 0.717) is 13.1 Å². The maximum atomic E-state index is 11.9. The number of para-hydroxylation sites is 3. The number of aromatic nitrogens is 2. The predicted molar refractivity (Wildman–Crippen MR) is 86.0 cm³/mol. The lowest BCUT2D eigenvalue weighted by Crippen LogP contribution is -2.33. The number of imidazole rings is 1. The van der Waals surface area contributed by atoms with Crippen molar-refractivity contribution >= 4 is 22.8 Å². The first-order chi connectivity index (χ1) is 10.7. The number of nitrogens with zero attached hydrogens (tertiary/aromatic N) is 1. The molecule has 0 spiro atoms. The minimum absolute atomic E-state index is 0.175. The molecule has 1 heterocycles. The van der Waals surface area contributed by atoms with Gasteiger partial charge in [0.2, 0.25) is 0 Å². The summed E-state index contributed by atoms with van der Waals surface area (Å²) >= 11 is 0. The van der Waals surface area contributed by atoms with E-state index in [4.69, 9.17) is 0 Å². The van der Waals surface area contributed by atoms with Gasteiger partial charge in [-0.2, -0.15) is 0 Å². The van der Waals surface area contributed by atoms with Crippen LogP contribution < -0.4 is 16.3 Å². The van der Waals surface area contributed by atoms with E-state index >= 15 is 0 Å². The molecular weight excluding hydrogens is 280 g/mol. The number of hydrogen-bond donors (Lipinski definition) is 3. The van der Waals surface area contributed by atoms with Gasteiger partial charge in [0.1, 0.15) is 0 Å². The number of rotatable bonds is 4. The summed E-state index contributed by atoms with van der Waals surface area (Å²) < 4.78 is 1.61. The molecule has 3 N–H and O–H groups in total. The van der Waals surface area contributed by atoms with Gasteiger partial charge in [0.25, 0.3) is 0 Å². The molecule has 0 fully saturated rings. The van der Waals surface area contributed by atoms with Crippen LogP contribution in [0.25, 0.3) is 11.0 Å². The fraction of sp³-hybridized carbons (Fsp3) is 0.125. The Morgan fingerprint density at radius 1 is 1.05 bits per heavy atom. The maximum Gasteiger partial charge on any atom is 0.326 e. The van der Waals surface area contributed by atoms with Crippen molar-refractivity contribution in [2.24, 2.45) is 0 Å². The molecule has 0 unspecified atom stereocenters. The first-order valence-electron chi connectivity index (χ1n) is 7.01. The molecule has 0 radical (unpaired) electrons. The van der Waals surface area contributed by atoms with Crippen LogP contribution in [0, 0.1) is 0 Å². The Hall–Kier alpha value is -3.02. The van der Waals surface area contributed by atoms with Crippen LogP contribution in [-0.2, 0) is 6.54 Å². The molecule has 0 saturated carbocycles. The van der Waals surface area contributed by atoms with Gasteiger partial charge in [-0.3, -0.25) is 4.57 Å². The maximum absolute atomic E-state index is 11.9. The number of anilines is 1. The van der Waals surface area contributed by atoms with Gasteiger partial charge in [0.15, 0.2) is 0 Å². The molecule has 0 aliphatic rings. The van der Waals surface area contributed by atoms with Gasteiger partial charge in [-0.15, -0.1) is 0 Å². The van der Waals surface area contributed by atoms with Gasteiger partial charge in [0, 0.05) is 18.8 Å². The average molecular weight is 296 g/mol. The smallest absolute Gasteiger partial charge is 0.326 e. The zero-order valence-electron chi connectivity index (χ0n) is 11.9. The third-order valence-electron chi connectivity index (χ3n) is 3.33. The molecule has 2 amide bonds. The summed E-state index contributed by atoms with van der Waals surface area (Å²) in [6.45, 7) is 0.769. The molecule has 6 heteroatoms. The van der Waals surface area contributed by atoms with E-state index in [1.54, 1.807) is 4.57 Å². The minimum Gasteiger partial charge on any atom is -0.336 e. The molecule has 1 aromatic heterocycles. The third kappa shape index (κ3) is 3.01. The van der Waals surface area contributed by atoms with E-state index in [2.05, 4.69) is 15.6 Å². The van der Waals surface area contributed by atoms with Gasteiger partial charge in [-0.25, -0.2) is 9.59 Å². The van der Waals surface area contributed by atoms with Crippen molar-refractivity contribution in [3.63, 3.8) is 0 Å². The second-order valence-corrected chi connectivity index (χ2v) is 4.85. The zero-order valence-corrected chi connectivity index (χ0v) is 11.9. The summed E-state index contributed by atoms with van der Waals surface area (Å²) in [5.74, 6) is 0. The Balaban J connectivity index is 1.59. The fourth-order valence-corrected chi connectivity index (χ4v) is 2.31. The molecule has 112 valence electrons. The molecular formula is C16H16N4O2. The molecule has 0 bridgehead atoms. The summed E-state index contributed by atoms with van der Waals surface area (Å²) in [6, 6.07) is 16.4. The van der Waals surface area contributed by atoms with Gasteiger partial charge >= 0.3 is 11.7 Å².